The first-order valence-corrected chi connectivity index (χ1v) is 5.30. The first kappa shape index (κ1) is 11.5. The van der Waals surface area contributed by atoms with Crippen molar-refractivity contribution in [2.75, 3.05) is 0 Å². The molecule has 0 fully saturated rings. The normalized spacial score (nSPS) is 13.2. The van der Waals surface area contributed by atoms with Crippen LogP contribution in [0.25, 0.3) is 0 Å². The summed E-state index contributed by atoms with van der Waals surface area (Å²) in [5.74, 6) is 0. The molecule has 14 heavy (non-hydrogen) atoms. The second-order valence-electron chi connectivity index (χ2n) is 3.63. The van der Waals surface area contributed by atoms with Crippen molar-refractivity contribution in [3.05, 3.63) is 16.4 Å². The Labute approximate surface area is 89.7 Å². The monoisotopic (exact) mass is 216 g/mol. The van der Waals surface area contributed by atoms with E-state index in [1.54, 1.807) is 4.68 Å². The van der Waals surface area contributed by atoms with Crippen LogP contribution in [0, 0.1) is 6.92 Å². The molecule has 0 saturated heterocycles. The van der Waals surface area contributed by atoms with E-state index in [-0.39, 0.29) is 6.10 Å². The van der Waals surface area contributed by atoms with Crippen LogP contribution in [0.15, 0.2) is 0 Å². The molecule has 1 aromatic heterocycles. The van der Waals surface area contributed by atoms with Gasteiger partial charge in [0, 0.05) is 19.0 Å². The average Bonchev–Trinajstić information content (AvgIpc) is 2.33. The van der Waals surface area contributed by atoms with Crippen molar-refractivity contribution in [1.29, 1.82) is 0 Å². The standard InChI is InChI=1S/C10H17ClN2O/c1-4-5-8(14)6-9-7(2)12-13(3)10(9)11/h8,14H,4-6H2,1-3H3. The molecule has 0 amide bonds. The minimum absolute atomic E-state index is 0.305. The molecule has 1 heterocycles. The van der Waals surface area contributed by atoms with Crippen molar-refractivity contribution in [2.45, 2.75) is 39.2 Å². The summed E-state index contributed by atoms with van der Waals surface area (Å²) in [5.41, 5.74) is 1.88. The van der Waals surface area contributed by atoms with Gasteiger partial charge in [-0.25, -0.2) is 0 Å². The summed E-state index contributed by atoms with van der Waals surface area (Å²) in [6, 6.07) is 0. The molecule has 0 spiro atoms. The van der Waals surface area contributed by atoms with Crippen LogP contribution in [-0.2, 0) is 13.5 Å². The maximum Gasteiger partial charge on any atom is 0.130 e. The SMILES string of the molecule is CCCC(O)Cc1c(C)nn(C)c1Cl. The third-order valence-electron chi connectivity index (χ3n) is 2.33. The van der Waals surface area contributed by atoms with E-state index in [9.17, 15) is 5.11 Å². The van der Waals surface area contributed by atoms with Crippen molar-refractivity contribution in [2.24, 2.45) is 7.05 Å². The van der Waals surface area contributed by atoms with Crippen molar-refractivity contribution in [3.63, 3.8) is 0 Å². The Balaban J connectivity index is 2.75. The molecule has 1 rings (SSSR count). The zero-order valence-corrected chi connectivity index (χ0v) is 9.67. The minimum Gasteiger partial charge on any atom is -0.393 e. The summed E-state index contributed by atoms with van der Waals surface area (Å²) in [6.07, 6.45) is 2.09. The van der Waals surface area contributed by atoms with Gasteiger partial charge in [0.05, 0.1) is 11.8 Å². The van der Waals surface area contributed by atoms with Crippen molar-refractivity contribution in [3.8, 4) is 0 Å². The summed E-state index contributed by atoms with van der Waals surface area (Å²) in [5, 5.41) is 14.5. The van der Waals surface area contributed by atoms with Gasteiger partial charge in [-0.3, -0.25) is 4.68 Å². The number of aromatic nitrogens is 2. The fraction of sp³-hybridized carbons (Fsp3) is 0.700. The highest BCUT2D eigenvalue weighted by molar-refractivity contribution is 6.30. The van der Waals surface area contributed by atoms with Crippen LogP contribution >= 0.6 is 11.6 Å². The third kappa shape index (κ3) is 2.49. The summed E-state index contributed by atoms with van der Waals surface area (Å²) in [7, 11) is 1.81. The van der Waals surface area contributed by atoms with Gasteiger partial charge in [0.25, 0.3) is 0 Å². The van der Waals surface area contributed by atoms with Gasteiger partial charge in [-0.2, -0.15) is 5.10 Å². The second-order valence-corrected chi connectivity index (χ2v) is 3.98. The fourth-order valence-corrected chi connectivity index (χ4v) is 1.83. The molecule has 4 heteroatoms. The Kier molecular flexibility index (Phi) is 3.96. The van der Waals surface area contributed by atoms with Crippen LogP contribution < -0.4 is 0 Å². The maximum absolute atomic E-state index is 9.67. The van der Waals surface area contributed by atoms with Gasteiger partial charge in [-0.05, 0) is 13.3 Å². The zero-order chi connectivity index (χ0) is 10.7. The molecule has 0 bridgehead atoms. The summed E-state index contributed by atoms with van der Waals surface area (Å²) < 4.78 is 1.64. The highest BCUT2D eigenvalue weighted by Gasteiger charge is 2.14. The van der Waals surface area contributed by atoms with E-state index < -0.39 is 0 Å². The molecule has 1 atom stereocenters. The van der Waals surface area contributed by atoms with Crippen LogP contribution in [0.1, 0.15) is 31.0 Å². The number of nitrogens with zero attached hydrogens (tertiary/aromatic N) is 2. The predicted molar refractivity (Wildman–Crippen MR) is 57.6 cm³/mol. The van der Waals surface area contributed by atoms with E-state index in [0.29, 0.717) is 11.6 Å². The van der Waals surface area contributed by atoms with Gasteiger partial charge in [0.1, 0.15) is 5.15 Å². The number of aliphatic hydroxyl groups is 1. The molecular formula is C10H17ClN2O. The summed E-state index contributed by atoms with van der Waals surface area (Å²) in [6.45, 7) is 3.97. The van der Waals surface area contributed by atoms with Crippen LogP contribution in [-0.4, -0.2) is 21.0 Å². The molecule has 0 aliphatic carbocycles. The second kappa shape index (κ2) is 4.80. The minimum atomic E-state index is -0.305. The Morgan fingerprint density at radius 1 is 1.57 bits per heavy atom. The molecule has 0 aliphatic heterocycles. The van der Waals surface area contributed by atoms with Crippen LogP contribution in [0.2, 0.25) is 5.15 Å². The fourth-order valence-electron chi connectivity index (χ4n) is 1.58. The van der Waals surface area contributed by atoms with Crippen molar-refractivity contribution in [1.82, 2.24) is 9.78 Å². The number of hydrogen-bond acceptors (Lipinski definition) is 2. The van der Waals surface area contributed by atoms with Gasteiger partial charge in [-0.15, -0.1) is 0 Å². The smallest absolute Gasteiger partial charge is 0.130 e. The van der Waals surface area contributed by atoms with E-state index in [2.05, 4.69) is 12.0 Å². The predicted octanol–water partition coefficient (Wildman–Crippen LogP) is 2.09. The van der Waals surface area contributed by atoms with Crippen molar-refractivity contribution < 1.29 is 5.11 Å². The Morgan fingerprint density at radius 2 is 2.21 bits per heavy atom. The molecule has 0 radical (unpaired) electrons. The highest BCUT2D eigenvalue weighted by atomic mass is 35.5. The molecule has 0 saturated carbocycles. The molecule has 0 aromatic carbocycles. The Morgan fingerprint density at radius 3 is 2.64 bits per heavy atom. The van der Waals surface area contributed by atoms with Gasteiger partial charge in [-0.1, -0.05) is 24.9 Å². The summed E-state index contributed by atoms with van der Waals surface area (Å²) >= 11 is 6.05. The Hall–Kier alpha value is -0.540. The van der Waals surface area contributed by atoms with Crippen LogP contribution in [0.4, 0.5) is 0 Å². The number of hydrogen-bond donors (Lipinski definition) is 1. The molecular weight excluding hydrogens is 200 g/mol. The van der Waals surface area contributed by atoms with Gasteiger partial charge >= 0.3 is 0 Å². The number of rotatable bonds is 4. The van der Waals surface area contributed by atoms with Gasteiger partial charge in [0.2, 0.25) is 0 Å². The Bertz CT molecular complexity index is 309. The third-order valence-corrected chi connectivity index (χ3v) is 2.80. The van der Waals surface area contributed by atoms with Crippen LogP contribution in [0.5, 0.6) is 0 Å². The van der Waals surface area contributed by atoms with E-state index in [1.165, 1.54) is 0 Å². The molecule has 0 aliphatic rings. The lowest BCUT2D eigenvalue weighted by Gasteiger charge is -2.08. The number of halogens is 1. The molecule has 1 N–H and O–H groups in total. The maximum atomic E-state index is 9.67. The van der Waals surface area contributed by atoms with E-state index in [0.717, 1.165) is 24.1 Å². The molecule has 1 unspecified atom stereocenters. The zero-order valence-electron chi connectivity index (χ0n) is 8.92. The van der Waals surface area contributed by atoms with E-state index in [1.807, 2.05) is 14.0 Å². The van der Waals surface area contributed by atoms with Gasteiger partial charge in [0.15, 0.2) is 0 Å². The van der Waals surface area contributed by atoms with Gasteiger partial charge < -0.3 is 5.11 Å². The largest absolute Gasteiger partial charge is 0.393 e. The summed E-state index contributed by atoms with van der Waals surface area (Å²) in [4.78, 5) is 0. The lowest BCUT2D eigenvalue weighted by Crippen LogP contribution is -2.10. The quantitative estimate of drug-likeness (QED) is 0.837. The first-order chi connectivity index (χ1) is 6.56. The lowest BCUT2D eigenvalue weighted by atomic mass is 10.1. The van der Waals surface area contributed by atoms with E-state index in [4.69, 9.17) is 11.6 Å². The topological polar surface area (TPSA) is 38.1 Å². The lowest BCUT2D eigenvalue weighted by molar-refractivity contribution is 0.163. The number of aryl methyl sites for hydroxylation is 2. The molecule has 1 aromatic rings. The van der Waals surface area contributed by atoms with Crippen LogP contribution in [0.3, 0.4) is 0 Å². The number of aliphatic hydroxyl groups excluding tert-OH is 1. The average molecular weight is 217 g/mol. The molecule has 3 nitrogen and oxygen atoms in total. The molecule has 80 valence electrons. The van der Waals surface area contributed by atoms with E-state index >= 15 is 0 Å². The first-order valence-electron chi connectivity index (χ1n) is 4.92. The highest BCUT2D eigenvalue weighted by Crippen LogP contribution is 2.21. The van der Waals surface area contributed by atoms with Crippen molar-refractivity contribution >= 4 is 11.6 Å².